The van der Waals surface area contributed by atoms with Crippen molar-refractivity contribution in [1.82, 2.24) is 15.5 Å². The molecule has 1 aromatic heterocycles. The quantitative estimate of drug-likeness (QED) is 0.839. The predicted octanol–water partition coefficient (Wildman–Crippen LogP) is 1.39. The molecule has 0 amide bonds. The Kier molecular flexibility index (Phi) is 2.58. The van der Waals surface area contributed by atoms with Crippen molar-refractivity contribution in [2.45, 2.75) is 38.3 Å². The van der Waals surface area contributed by atoms with E-state index in [1.807, 2.05) is 0 Å². The van der Waals surface area contributed by atoms with Crippen LogP contribution in [0.3, 0.4) is 0 Å². The molecule has 1 aromatic rings. The summed E-state index contributed by atoms with van der Waals surface area (Å²) >= 11 is 1.74. The number of aromatic nitrogens is 2. The molecule has 0 radical (unpaired) electrons. The Morgan fingerprint density at radius 3 is 2.80 bits per heavy atom. The summed E-state index contributed by atoms with van der Waals surface area (Å²) in [5, 5.41) is 14.2. The van der Waals surface area contributed by atoms with Crippen molar-refractivity contribution >= 4 is 16.5 Å². The highest BCUT2D eigenvalue weighted by atomic mass is 32.1. The van der Waals surface area contributed by atoms with Gasteiger partial charge in [0.05, 0.1) is 6.54 Å². The lowest BCUT2D eigenvalue weighted by Gasteiger charge is -2.10. The molecule has 1 saturated carbocycles. The molecule has 4 nitrogen and oxygen atoms in total. The lowest BCUT2D eigenvalue weighted by atomic mass is 10.4. The van der Waals surface area contributed by atoms with Gasteiger partial charge in [0.25, 0.3) is 0 Å². The molecular weight excluding hydrogens is 208 g/mol. The van der Waals surface area contributed by atoms with Gasteiger partial charge >= 0.3 is 0 Å². The lowest BCUT2D eigenvalue weighted by molar-refractivity contribution is 0.678. The molecule has 3 rings (SSSR count). The minimum Gasteiger partial charge on any atom is -0.347 e. The maximum absolute atomic E-state index is 4.25. The van der Waals surface area contributed by atoms with E-state index in [0.29, 0.717) is 0 Å². The second-order valence-electron chi connectivity index (χ2n) is 4.33. The van der Waals surface area contributed by atoms with Gasteiger partial charge in [0.2, 0.25) is 5.13 Å². The fourth-order valence-corrected chi connectivity index (χ4v) is 2.71. The van der Waals surface area contributed by atoms with E-state index in [2.05, 4.69) is 20.4 Å². The first-order valence-electron chi connectivity index (χ1n) is 5.72. The maximum Gasteiger partial charge on any atom is 0.208 e. The Morgan fingerprint density at radius 2 is 2.07 bits per heavy atom. The van der Waals surface area contributed by atoms with Crippen LogP contribution in [0.4, 0.5) is 5.13 Å². The van der Waals surface area contributed by atoms with Gasteiger partial charge in [-0.05, 0) is 25.7 Å². The highest BCUT2D eigenvalue weighted by molar-refractivity contribution is 7.15. The average Bonchev–Trinajstić information content (AvgIpc) is 2.78. The third-order valence-corrected chi connectivity index (χ3v) is 3.94. The smallest absolute Gasteiger partial charge is 0.208 e. The Morgan fingerprint density at radius 1 is 1.27 bits per heavy atom. The molecule has 2 heterocycles. The van der Waals surface area contributed by atoms with Crippen molar-refractivity contribution in [3.63, 3.8) is 0 Å². The number of nitrogens with zero attached hydrogens (tertiary/aromatic N) is 3. The van der Waals surface area contributed by atoms with E-state index in [1.54, 1.807) is 11.3 Å². The molecule has 2 aliphatic rings. The van der Waals surface area contributed by atoms with Crippen LogP contribution in [0.2, 0.25) is 0 Å². The van der Waals surface area contributed by atoms with Crippen molar-refractivity contribution in [3.8, 4) is 0 Å². The number of anilines is 1. The topological polar surface area (TPSA) is 41.1 Å². The monoisotopic (exact) mass is 224 g/mol. The molecule has 1 saturated heterocycles. The zero-order valence-corrected chi connectivity index (χ0v) is 9.59. The Hall–Kier alpha value is -0.680. The number of rotatable bonds is 4. The zero-order valence-electron chi connectivity index (χ0n) is 8.78. The SMILES string of the molecule is C1CCN(c2nnc(CNC3CC3)s2)C1. The lowest BCUT2D eigenvalue weighted by Crippen LogP contribution is -2.17. The average molecular weight is 224 g/mol. The fraction of sp³-hybridized carbons (Fsp3) is 0.800. The number of hydrogen-bond donors (Lipinski definition) is 1. The van der Waals surface area contributed by atoms with E-state index < -0.39 is 0 Å². The van der Waals surface area contributed by atoms with Crippen LogP contribution in [0.25, 0.3) is 0 Å². The van der Waals surface area contributed by atoms with Gasteiger partial charge in [-0.15, -0.1) is 10.2 Å². The van der Waals surface area contributed by atoms with Gasteiger partial charge in [-0.2, -0.15) is 0 Å². The van der Waals surface area contributed by atoms with Crippen molar-refractivity contribution in [3.05, 3.63) is 5.01 Å². The molecule has 1 N–H and O–H groups in total. The molecule has 0 spiro atoms. The van der Waals surface area contributed by atoms with Crippen LogP contribution in [0.5, 0.6) is 0 Å². The highest BCUT2D eigenvalue weighted by Crippen LogP contribution is 2.25. The van der Waals surface area contributed by atoms with Crippen molar-refractivity contribution < 1.29 is 0 Å². The van der Waals surface area contributed by atoms with Crippen LogP contribution in [-0.2, 0) is 6.54 Å². The summed E-state index contributed by atoms with van der Waals surface area (Å²) in [5.74, 6) is 0. The third-order valence-electron chi connectivity index (χ3n) is 2.95. The summed E-state index contributed by atoms with van der Waals surface area (Å²) in [5.41, 5.74) is 0. The first kappa shape index (κ1) is 9.54. The van der Waals surface area contributed by atoms with E-state index in [1.165, 1.54) is 25.7 Å². The first-order chi connectivity index (χ1) is 7.42. The molecular formula is C10H16N4S. The van der Waals surface area contributed by atoms with Gasteiger partial charge in [-0.3, -0.25) is 0 Å². The normalized spacial score (nSPS) is 21.2. The van der Waals surface area contributed by atoms with E-state index in [9.17, 15) is 0 Å². The standard InChI is InChI=1S/C10H16N4S/c1-2-6-14(5-1)10-13-12-9(15-10)7-11-8-3-4-8/h8,11H,1-7H2. The fourth-order valence-electron chi connectivity index (χ4n) is 1.87. The van der Waals surface area contributed by atoms with Gasteiger partial charge in [-0.25, -0.2) is 0 Å². The molecule has 82 valence electrons. The summed E-state index contributed by atoms with van der Waals surface area (Å²) in [7, 11) is 0. The van der Waals surface area contributed by atoms with Gasteiger partial charge in [0.1, 0.15) is 5.01 Å². The van der Waals surface area contributed by atoms with Crippen LogP contribution >= 0.6 is 11.3 Å². The van der Waals surface area contributed by atoms with E-state index in [0.717, 1.165) is 35.8 Å². The zero-order chi connectivity index (χ0) is 10.1. The van der Waals surface area contributed by atoms with Crippen molar-refractivity contribution in [1.29, 1.82) is 0 Å². The van der Waals surface area contributed by atoms with Crippen LogP contribution < -0.4 is 10.2 Å². The molecule has 0 atom stereocenters. The van der Waals surface area contributed by atoms with Crippen LogP contribution in [0, 0.1) is 0 Å². The molecule has 1 aliphatic heterocycles. The minimum atomic E-state index is 0.754. The van der Waals surface area contributed by atoms with Gasteiger partial charge in [0, 0.05) is 19.1 Å². The Bertz CT molecular complexity index is 328. The minimum absolute atomic E-state index is 0.754. The number of hydrogen-bond acceptors (Lipinski definition) is 5. The molecule has 0 unspecified atom stereocenters. The van der Waals surface area contributed by atoms with Crippen molar-refractivity contribution in [2.75, 3.05) is 18.0 Å². The second kappa shape index (κ2) is 4.06. The summed E-state index contributed by atoms with van der Waals surface area (Å²) in [6.45, 7) is 3.21. The van der Waals surface area contributed by atoms with Crippen molar-refractivity contribution in [2.24, 2.45) is 0 Å². The molecule has 1 aliphatic carbocycles. The second-order valence-corrected chi connectivity index (χ2v) is 5.37. The van der Waals surface area contributed by atoms with Crippen LogP contribution in [0.1, 0.15) is 30.7 Å². The van der Waals surface area contributed by atoms with E-state index >= 15 is 0 Å². The molecule has 5 heteroatoms. The number of nitrogens with one attached hydrogen (secondary N) is 1. The van der Waals surface area contributed by atoms with Gasteiger partial charge in [-0.1, -0.05) is 11.3 Å². The van der Waals surface area contributed by atoms with E-state index in [4.69, 9.17) is 0 Å². The molecule has 0 aromatic carbocycles. The first-order valence-corrected chi connectivity index (χ1v) is 6.54. The summed E-state index contributed by atoms with van der Waals surface area (Å²) in [6.07, 6.45) is 5.26. The maximum atomic E-state index is 4.25. The van der Waals surface area contributed by atoms with Gasteiger partial charge in [0.15, 0.2) is 0 Å². The predicted molar refractivity (Wildman–Crippen MR) is 61.2 cm³/mol. The Balaban J connectivity index is 1.59. The van der Waals surface area contributed by atoms with Crippen LogP contribution in [0.15, 0.2) is 0 Å². The molecule has 0 bridgehead atoms. The van der Waals surface area contributed by atoms with Gasteiger partial charge < -0.3 is 10.2 Å². The van der Waals surface area contributed by atoms with E-state index in [-0.39, 0.29) is 0 Å². The largest absolute Gasteiger partial charge is 0.347 e. The third kappa shape index (κ3) is 2.29. The summed E-state index contributed by atoms with van der Waals surface area (Å²) in [4.78, 5) is 2.35. The molecule has 2 fully saturated rings. The highest BCUT2D eigenvalue weighted by Gasteiger charge is 2.21. The van der Waals surface area contributed by atoms with Crippen LogP contribution in [-0.4, -0.2) is 29.3 Å². The summed E-state index contributed by atoms with van der Waals surface area (Å²) in [6, 6.07) is 0.754. The molecule has 15 heavy (non-hydrogen) atoms. The summed E-state index contributed by atoms with van der Waals surface area (Å²) < 4.78 is 0. The Labute approximate surface area is 93.7 Å².